The second-order valence-corrected chi connectivity index (χ2v) is 5.73. The van der Waals surface area contributed by atoms with Gasteiger partial charge in [0.25, 0.3) is 5.91 Å². The highest BCUT2D eigenvalue weighted by molar-refractivity contribution is 5.98. The van der Waals surface area contributed by atoms with E-state index in [1.807, 2.05) is 37.2 Å². The lowest BCUT2D eigenvalue weighted by Gasteiger charge is -2.26. The maximum absolute atomic E-state index is 12.0. The monoisotopic (exact) mass is 343 g/mol. The molecule has 7 heteroatoms. The summed E-state index contributed by atoms with van der Waals surface area (Å²) in [5.74, 6) is -1.09. The molecule has 25 heavy (non-hydrogen) atoms. The zero-order valence-electron chi connectivity index (χ0n) is 14.4. The van der Waals surface area contributed by atoms with Crippen LogP contribution in [0.3, 0.4) is 0 Å². The van der Waals surface area contributed by atoms with Crippen LogP contribution in [0.5, 0.6) is 0 Å². The molecule has 0 aromatic heterocycles. The summed E-state index contributed by atoms with van der Waals surface area (Å²) < 4.78 is 10.1. The lowest BCUT2D eigenvalue weighted by atomic mass is 10.1. The largest absolute Gasteiger partial charge is 0.451 e. The predicted octanol–water partition coefficient (Wildman–Crippen LogP) is 1.06. The summed E-state index contributed by atoms with van der Waals surface area (Å²) >= 11 is 0. The predicted molar refractivity (Wildman–Crippen MR) is 92.7 cm³/mol. The zero-order valence-corrected chi connectivity index (χ0v) is 14.4. The third-order valence-corrected chi connectivity index (χ3v) is 3.75. The van der Waals surface area contributed by atoms with E-state index in [0.29, 0.717) is 31.9 Å². The summed E-state index contributed by atoms with van der Waals surface area (Å²) in [6.45, 7) is 1.54. The maximum atomic E-state index is 12.0. The van der Waals surface area contributed by atoms with Crippen molar-refractivity contribution in [3.05, 3.63) is 35.4 Å². The summed E-state index contributed by atoms with van der Waals surface area (Å²) in [6, 6.07) is 9.20. The Kier molecular flexibility index (Phi) is 6.54. The number of morpholine rings is 1. The molecule has 7 nitrogen and oxygen atoms in total. The van der Waals surface area contributed by atoms with E-state index in [9.17, 15) is 14.9 Å². The summed E-state index contributed by atoms with van der Waals surface area (Å²) in [5, 5.41) is 9.18. The molecule has 0 bridgehead atoms. The molecule has 1 fully saturated rings. The van der Waals surface area contributed by atoms with E-state index in [0.717, 1.165) is 5.69 Å². The number of benzene rings is 1. The summed E-state index contributed by atoms with van der Waals surface area (Å²) in [7, 11) is 3.85. The highest BCUT2D eigenvalue weighted by atomic mass is 16.5. The van der Waals surface area contributed by atoms with Crippen molar-refractivity contribution in [1.82, 2.24) is 4.90 Å². The number of carbonyl (C=O) groups is 2. The van der Waals surface area contributed by atoms with Gasteiger partial charge < -0.3 is 19.3 Å². The first-order chi connectivity index (χ1) is 12.0. The number of ether oxygens (including phenoxy) is 2. The minimum Gasteiger partial charge on any atom is -0.451 e. The summed E-state index contributed by atoms with van der Waals surface area (Å²) in [6.07, 6.45) is 1.45. The fourth-order valence-electron chi connectivity index (χ4n) is 2.28. The molecular formula is C18H21N3O4. The van der Waals surface area contributed by atoms with Gasteiger partial charge in [0.2, 0.25) is 0 Å². The molecule has 132 valence electrons. The van der Waals surface area contributed by atoms with E-state index >= 15 is 0 Å². The van der Waals surface area contributed by atoms with Crippen molar-refractivity contribution in [3.63, 3.8) is 0 Å². The van der Waals surface area contributed by atoms with Crippen molar-refractivity contribution >= 4 is 23.6 Å². The van der Waals surface area contributed by atoms with Gasteiger partial charge in [0.05, 0.1) is 13.2 Å². The van der Waals surface area contributed by atoms with E-state index in [4.69, 9.17) is 9.47 Å². The van der Waals surface area contributed by atoms with Crippen LogP contribution >= 0.6 is 0 Å². The number of carbonyl (C=O) groups excluding carboxylic acids is 2. The van der Waals surface area contributed by atoms with Crippen LogP contribution in [0.4, 0.5) is 5.69 Å². The van der Waals surface area contributed by atoms with Crippen LogP contribution in [0.15, 0.2) is 29.8 Å². The Hall–Kier alpha value is -2.85. The highest BCUT2D eigenvalue weighted by Gasteiger charge is 2.19. The van der Waals surface area contributed by atoms with E-state index in [2.05, 4.69) is 0 Å². The number of rotatable bonds is 5. The Bertz CT molecular complexity index is 683. The number of esters is 1. The van der Waals surface area contributed by atoms with E-state index in [1.54, 1.807) is 17.0 Å². The molecule has 0 unspecified atom stereocenters. The number of amides is 1. The average Bonchev–Trinajstić information content (AvgIpc) is 2.64. The van der Waals surface area contributed by atoms with Crippen LogP contribution < -0.4 is 4.90 Å². The molecule has 0 atom stereocenters. The van der Waals surface area contributed by atoms with E-state index in [1.165, 1.54) is 6.08 Å². The summed E-state index contributed by atoms with van der Waals surface area (Å²) in [5.41, 5.74) is 1.57. The van der Waals surface area contributed by atoms with Gasteiger partial charge in [0.1, 0.15) is 11.6 Å². The molecule has 1 aliphatic rings. The molecule has 1 saturated heterocycles. The Balaban J connectivity index is 1.95. The van der Waals surface area contributed by atoms with Crippen molar-refractivity contribution in [2.45, 2.75) is 0 Å². The minimum absolute atomic E-state index is 0.146. The van der Waals surface area contributed by atoms with Crippen LogP contribution in [0.25, 0.3) is 6.08 Å². The van der Waals surface area contributed by atoms with E-state index < -0.39 is 5.97 Å². The number of hydrogen-bond acceptors (Lipinski definition) is 6. The van der Waals surface area contributed by atoms with Gasteiger partial charge in [-0.05, 0) is 23.8 Å². The van der Waals surface area contributed by atoms with Crippen molar-refractivity contribution in [3.8, 4) is 6.07 Å². The smallest absolute Gasteiger partial charge is 0.349 e. The fourth-order valence-corrected chi connectivity index (χ4v) is 2.28. The van der Waals surface area contributed by atoms with Crippen molar-refractivity contribution in [2.24, 2.45) is 0 Å². The fraction of sp³-hybridized carbons (Fsp3) is 0.389. The van der Waals surface area contributed by atoms with Crippen LogP contribution in [-0.4, -0.2) is 63.8 Å². The Morgan fingerprint density at radius 1 is 1.28 bits per heavy atom. The molecule has 1 aliphatic heterocycles. The van der Waals surface area contributed by atoms with Gasteiger partial charge in [-0.1, -0.05) is 12.1 Å². The molecule has 0 radical (unpaired) electrons. The molecule has 2 rings (SSSR count). The normalized spacial score (nSPS) is 14.6. The highest BCUT2D eigenvalue weighted by Crippen LogP contribution is 2.15. The first-order valence-corrected chi connectivity index (χ1v) is 7.93. The first kappa shape index (κ1) is 18.5. The molecule has 1 aromatic carbocycles. The van der Waals surface area contributed by atoms with Gasteiger partial charge in [0.15, 0.2) is 6.61 Å². The molecule has 0 N–H and O–H groups in total. The average molecular weight is 343 g/mol. The lowest BCUT2D eigenvalue weighted by molar-refractivity contribution is -0.150. The topological polar surface area (TPSA) is 82.9 Å². The van der Waals surface area contributed by atoms with Crippen molar-refractivity contribution < 1.29 is 19.1 Å². The van der Waals surface area contributed by atoms with Gasteiger partial charge >= 0.3 is 5.97 Å². The standard InChI is InChI=1S/C18H21N3O4/c1-20(2)16-5-3-14(4-6-16)11-15(12-19)18(23)25-13-17(22)21-7-9-24-10-8-21/h3-6,11H,7-10,13H2,1-2H3/b15-11+. The van der Waals surface area contributed by atoms with Crippen molar-refractivity contribution in [2.75, 3.05) is 51.9 Å². The molecular weight excluding hydrogens is 322 g/mol. The molecule has 0 saturated carbocycles. The van der Waals surface area contributed by atoms with Crippen molar-refractivity contribution in [1.29, 1.82) is 5.26 Å². The zero-order chi connectivity index (χ0) is 18.2. The van der Waals surface area contributed by atoms with Gasteiger partial charge in [-0.25, -0.2) is 4.79 Å². The Morgan fingerprint density at radius 2 is 1.92 bits per heavy atom. The van der Waals surface area contributed by atoms with Gasteiger partial charge in [-0.3, -0.25) is 4.79 Å². The SMILES string of the molecule is CN(C)c1ccc(/C=C(\C#N)C(=O)OCC(=O)N2CCOCC2)cc1. The molecule has 1 aromatic rings. The molecule has 0 aliphatic carbocycles. The van der Waals surface area contributed by atoms with Gasteiger partial charge in [0, 0.05) is 32.9 Å². The summed E-state index contributed by atoms with van der Waals surface area (Å²) in [4.78, 5) is 27.5. The second-order valence-electron chi connectivity index (χ2n) is 5.73. The first-order valence-electron chi connectivity index (χ1n) is 7.93. The number of nitrogens with zero attached hydrogens (tertiary/aromatic N) is 3. The third kappa shape index (κ3) is 5.33. The Morgan fingerprint density at radius 3 is 2.48 bits per heavy atom. The van der Waals surface area contributed by atoms with Crippen LogP contribution in [0, 0.1) is 11.3 Å². The lowest BCUT2D eigenvalue weighted by Crippen LogP contribution is -2.42. The maximum Gasteiger partial charge on any atom is 0.349 e. The second kappa shape index (κ2) is 8.85. The van der Waals surface area contributed by atoms with Gasteiger partial charge in [-0.2, -0.15) is 5.26 Å². The minimum atomic E-state index is -0.805. The van der Waals surface area contributed by atoms with Crippen LogP contribution in [-0.2, 0) is 19.1 Å². The third-order valence-electron chi connectivity index (χ3n) is 3.75. The number of nitriles is 1. The van der Waals surface area contributed by atoms with E-state index in [-0.39, 0.29) is 18.1 Å². The quantitative estimate of drug-likeness (QED) is 0.452. The van der Waals surface area contributed by atoms with Crippen LogP contribution in [0.2, 0.25) is 0 Å². The van der Waals surface area contributed by atoms with Crippen LogP contribution in [0.1, 0.15) is 5.56 Å². The Labute approximate surface area is 147 Å². The molecule has 0 spiro atoms. The number of hydrogen-bond donors (Lipinski definition) is 0. The molecule has 1 heterocycles. The number of anilines is 1. The molecule has 1 amide bonds. The van der Waals surface area contributed by atoms with Gasteiger partial charge in [-0.15, -0.1) is 0 Å².